The average Bonchev–Trinajstić information content (AvgIpc) is 3.36. The predicted octanol–water partition coefficient (Wildman–Crippen LogP) is 2.90. The van der Waals surface area contributed by atoms with Gasteiger partial charge in [0, 0.05) is 30.7 Å². The van der Waals surface area contributed by atoms with Gasteiger partial charge in [0.05, 0.1) is 19.3 Å². The number of hydrogen-bond acceptors (Lipinski definition) is 5. The van der Waals surface area contributed by atoms with Crippen molar-refractivity contribution in [1.82, 2.24) is 18.7 Å². The second-order valence-corrected chi connectivity index (χ2v) is 7.90. The van der Waals surface area contributed by atoms with Gasteiger partial charge in [-0.05, 0) is 24.3 Å². The molecule has 0 spiro atoms. The minimum Gasteiger partial charge on any atom is -0.495 e. The van der Waals surface area contributed by atoms with Gasteiger partial charge in [0.25, 0.3) is 5.56 Å². The van der Waals surface area contributed by atoms with E-state index in [0.717, 1.165) is 10.3 Å². The first-order valence-corrected chi connectivity index (χ1v) is 10.3. The van der Waals surface area contributed by atoms with E-state index in [1.165, 1.54) is 22.8 Å². The first-order valence-electron chi connectivity index (χ1n) is 9.96. The maximum Gasteiger partial charge on any atom is 0.332 e. The van der Waals surface area contributed by atoms with E-state index in [9.17, 15) is 14.0 Å². The number of imidazole rings is 1. The van der Waals surface area contributed by atoms with Crippen molar-refractivity contribution in [3.8, 4) is 5.75 Å². The lowest BCUT2D eigenvalue weighted by Gasteiger charge is -2.18. The Labute approximate surface area is 186 Å². The molecule has 0 saturated heterocycles. The molecule has 3 heterocycles. The molecular formula is C22H19ClFN5O3. The zero-order valence-electron chi connectivity index (χ0n) is 17.4. The summed E-state index contributed by atoms with van der Waals surface area (Å²) in [7, 11) is 3.13. The van der Waals surface area contributed by atoms with E-state index in [1.807, 2.05) is 29.2 Å². The molecule has 0 radical (unpaired) electrons. The van der Waals surface area contributed by atoms with Crippen molar-refractivity contribution in [2.45, 2.75) is 13.1 Å². The number of aryl methyl sites for hydroxylation is 1. The molecule has 10 heteroatoms. The Balaban J connectivity index is 1.70. The number of hydrogen-bond donors (Lipinski definition) is 0. The van der Waals surface area contributed by atoms with E-state index in [0.29, 0.717) is 24.8 Å². The van der Waals surface area contributed by atoms with Gasteiger partial charge < -0.3 is 14.2 Å². The van der Waals surface area contributed by atoms with Crippen molar-refractivity contribution >= 4 is 34.4 Å². The Morgan fingerprint density at radius 1 is 1.12 bits per heavy atom. The predicted molar refractivity (Wildman–Crippen MR) is 120 cm³/mol. The van der Waals surface area contributed by atoms with Crippen LogP contribution < -0.4 is 20.9 Å². The van der Waals surface area contributed by atoms with Crippen molar-refractivity contribution in [2.75, 3.05) is 18.6 Å². The summed E-state index contributed by atoms with van der Waals surface area (Å²) in [6.45, 7) is 0.807. The van der Waals surface area contributed by atoms with Gasteiger partial charge in [-0.25, -0.2) is 9.18 Å². The van der Waals surface area contributed by atoms with Gasteiger partial charge in [0.15, 0.2) is 11.2 Å². The number of ether oxygens (including phenoxy) is 1. The molecule has 8 nitrogen and oxygen atoms in total. The van der Waals surface area contributed by atoms with Gasteiger partial charge in [-0.1, -0.05) is 29.8 Å². The second-order valence-electron chi connectivity index (χ2n) is 7.49. The molecule has 1 aliphatic heterocycles. The van der Waals surface area contributed by atoms with E-state index in [1.54, 1.807) is 18.7 Å². The molecule has 2 aromatic heterocycles. The Bertz CT molecular complexity index is 1470. The van der Waals surface area contributed by atoms with Crippen molar-refractivity contribution in [1.29, 1.82) is 0 Å². The first kappa shape index (κ1) is 20.3. The highest BCUT2D eigenvalue weighted by Gasteiger charge is 2.30. The third-order valence-electron chi connectivity index (χ3n) is 5.75. The molecule has 1 aliphatic rings. The van der Waals surface area contributed by atoms with Gasteiger partial charge in [-0.2, -0.15) is 4.98 Å². The van der Waals surface area contributed by atoms with E-state index >= 15 is 0 Å². The zero-order chi connectivity index (χ0) is 22.6. The van der Waals surface area contributed by atoms with Crippen LogP contribution in [-0.4, -0.2) is 32.3 Å². The lowest BCUT2D eigenvalue weighted by atomic mass is 10.2. The fraction of sp³-hybridized carbons (Fsp3) is 0.227. The maximum atomic E-state index is 14.3. The van der Waals surface area contributed by atoms with Gasteiger partial charge in [-0.3, -0.25) is 13.9 Å². The van der Waals surface area contributed by atoms with Crippen molar-refractivity contribution in [3.63, 3.8) is 0 Å². The Hall–Kier alpha value is -3.59. The Morgan fingerprint density at radius 3 is 2.66 bits per heavy atom. The molecule has 164 valence electrons. The lowest BCUT2D eigenvalue weighted by molar-refractivity contribution is 0.415. The molecule has 0 unspecified atom stereocenters. The molecule has 0 amide bonds. The Kier molecular flexibility index (Phi) is 4.78. The lowest BCUT2D eigenvalue weighted by Crippen LogP contribution is -2.40. The number of anilines is 2. The fourth-order valence-electron chi connectivity index (χ4n) is 4.14. The van der Waals surface area contributed by atoms with Crippen molar-refractivity contribution in [2.24, 2.45) is 7.05 Å². The first-order chi connectivity index (χ1) is 15.4. The number of methoxy groups -OCH3 is 1. The molecule has 0 aliphatic carbocycles. The Morgan fingerprint density at radius 2 is 1.91 bits per heavy atom. The minimum absolute atomic E-state index is 0.0875. The summed E-state index contributed by atoms with van der Waals surface area (Å²) >= 11 is 6.13. The SMILES string of the molecule is COc1ccccc1N1CCn2c1nc1c2c(=O)n(Cc2c(F)cccc2Cl)c(=O)n1C. The molecule has 0 saturated carbocycles. The quantitative estimate of drug-likeness (QED) is 0.473. The molecule has 0 N–H and O–H groups in total. The van der Waals surface area contributed by atoms with E-state index in [4.69, 9.17) is 16.3 Å². The third kappa shape index (κ3) is 2.92. The summed E-state index contributed by atoms with van der Waals surface area (Å²) in [4.78, 5) is 32.9. The molecule has 32 heavy (non-hydrogen) atoms. The molecular weight excluding hydrogens is 437 g/mol. The van der Waals surface area contributed by atoms with Crippen LogP contribution in [0.25, 0.3) is 11.2 Å². The van der Waals surface area contributed by atoms with Crippen LogP contribution in [0.3, 0.4) is 0 Å². The normalized spacial score (nSPS) is 13.1. The number of nitrogens with zero attached hydrogens (tertiary/aromatic N) is 5. The molecule has 4 aromatic rings. The molecule has 2 aromatic carbocycles. The zero-order valence-corrected chi connectivity index (χ0v) is 18.1. The summed E-state index contributed by atoms with van der Waals surface area (Å²) in [6.07, 6.45) is 0. The summed E-state index contributed by atoms with van der Waals surface area (Å²) in [5.74, 6) is 0.638. The summed E-state index contributed by atoms with van der Waals surface area (Å²) in [6, 6.07) is 11.8. The largest absolute Gasteiger partial charge is 0.495 e. The van der Waals surface area contributed by atoms with Crippen LogP contribution in [0.4, 0.5) is 16.0 Å². The van der Waals surface area contributed by atoms with Crippen molar-refractivity contribution in [3.05, 3.63) is 79.7 Å². The van der Waals surface area contributed by atoms with Crippen LogP contribution >= 0.6 is 11.6 Å². The van der Waals surface area contributed by atoms with E-state index in [-0.39, 0.29) is 28.3 Å². The van der Waals surface area contributed by atoms with Gasteiger partial charge in [0.1, 0.15) is 11.6 Å². The number of fused-ring (bicyclic) bond motifs is 3. The van der Waals surface area contributed by atoms with E-state index in [2.05, 4.69) is 4.98 Å². The molecule has 0 atom stereocenters. The smallest absolute Gasteiger partial charge is 0.332 e. The van der Waals surface area contributed by atoms with Gasteiger partial charge >= 0.3 is 5.69 Å². The number of benzene rings is 2. The van der Waals surface area contributed by atoms with E-state index < -0.39 is 17.1 Å². The summed E-state index contributed by atoms with van der Waals surface area (Å²) in [5.41, 5.74) is 0.319. The second kappa shape index (κ2) is 7.52. The van der Waals surface area contributed by atoms with Crippen LogP contribution in [-0.2, 0) is 20.1 Å². The number of para-hydroxylation sites is 2. The molecule has 0 fully saturated rings. The summed E-state index contributed by atoms with van der Waals surface area (Å²) in [5, 5.41) is 0.153. The number of halogens is 2. The van der Waals surface area contributed by atoms with Crippen LogP contribution in [0, 0.1) is 5.82 Å². The third-order valence-corrected chi connectivity index (χ3v) is 6.11. The average molecular weight is 456 g/mol. The monoisotopic (exact) mass is 455 g/mol. The van der Waals surface area contributed by atoms with Crippen molar-refractivity contribution < 1.29 is 9.13 Å². The molecule has 5 rings (SSSR count). The highest BCUT2D eigenvalue weighted by atomic mass is 35.5. The van der Waals surface area contributed by atoms with Gasteiger partial charge in [-0.15, -0.1) is 0 Å². The standard InChI is InChI=1S/C22H19ClFN5O3/c1-26-19-18(20(30)29(22(26)31)12-13-14(23)6-5-7-15(13)24)28-11-10-27(21(28)25-19)16-8-3-4-9-17(16)32-2/h3-9H,10-12H2,1-2H3. The minimum atomic E-state index is -0.595. The number of aromatic nitrogens is 4. The maximum absolute atomic E-state index is 14.3. The fourth-order valence-corrected chi connectivity index (χ4v) is 4.36. The van der Waals surface area contributed by atoms with Crippen LogP contribution in [0.5, 0.6) is 5.75 Å². The molecule has 0 bridgehead atoms. The van der Waals surface area contributed by atoms with Crippen LogP contribution in [0.1, 0.15) is 5.56 Å². The highest BCUT2D eigenvalue weighted by Crippen LogP contribution is 2.37. The highest BCUT2D eigenvalue weighted by molar-refractivity contribution is 6.31. The topological polar surface area (TPSA) is 74.3 Å². The summed E-state index contributed by atoms with van der Waals surface area (Å²) < 4.78 is 23.9. The number of rotatable bonds is 4. The van der Waals surface area contributed by atoms with Crippen LogP contribution in [0.2, 0.25) is 5.02 Å². The van der Waals surface area contributed by atoms with Crippen LogP contribution in [0.15, 0.2) is 52.1 Å². The van der Waals surface area contributed by atoms with Gasteiger partial charge in [0.2, 0.25) is 5.95 Å².